The van der Waals surface area contributed by atoms with Crippen LogP contribution in [0.25, 0.3) is 0 Å². The third-order valence-corrected chi connectivity index (χ3v) is 4.74. The fourth-order valence-corrected chi connectivity index (χ4v) is 3.07. The van der Waals surface area contributed by atoms with Crippen molar-refractivity contribution >= 4 is 17.4 Å². The maximum absolute atomic E-state index is 13.9. The number of benzene rings is 1. The van der Waals surface area contributed by atoms with Gasteiger partial charge in [-0.25, -0.2) is 9.37 Å². The number of halogens is 2. The molecule has 0 aliphatic heterocycles. The van der Waals surface area contributed by atoms with Crippen molar-refractivity contribution in [1.29, 1.82) is 0 Å². The summed E-state index contributed by atoms with van der Waals surface area (Å²) in [4.78, 5) is 21.0. The van der Waals surface area contributed by atoms with Gasteiger partial charge in [-0.3, -0.25) is 14.3 Å². The van der Waals surface area contributed by atoms with Crippen LogP contribution in [-0.4, -0.2) is 27.6 Å². The van der Waals surface area contributed by atoms with E-state index in [0.29, 0.717) is 38.2 Å². The van der Waals surface area contributed by atoms with Crippen molar-refractivity contribution < 1.29 is 4.39 Å². The van der Waals surface area contributed by atoms with Gasteiger partial charge in [0.25, 0.3) is 5.56 Å². The molecule has 0 spiro atoms. The number of hydrogen-bond acceptors (Lipinski definition) is 5. The maximum Gasteiger partial charge on any atom is 0.294 e. The summed E-state index contributed by atoms with van der Waals surface area (Å²) >= 11 is 6.14. The van der Waals surface area contributed by atoms with Crippen LogP contribution in [0.3, 0.4) is 0 Å². The second kappa shape index (κ2) is 10.1. The van der Waals surface area contributed by atoms with E-state index in [9.17, 15) is 9.18 Å². The van der Waals surface area contributed by atoms with Gasteiger partial charge in [0.05, 0.1) is 6.20 Å². The zero-order valence-electron chi connectivity index (χ0n) is 16.2. The molecule has 0 saturated heterocycles. The molecule has 29 heavy (non-hydrogen) atoms. The number of rotatable bonds is 9. The lowest BCUT2D eigenvalue weighted by Crippen LogP contribution is -2.30. The predicted molar refractivity (Wildman–Crippen MR) is 113 cm³/mol. The second-order valence-corrected chi connectivity index (χ2v) is 7.04. The molecule has 0 saturated carbocycles. The quantitative estimate of drug-likeness (QED) is 0.525. The molecule has 8 heteroatoms. The molecule has 0 amide bonds. The van der Waals surface area contributed by atoms with Crippen LogP contribution in [0.15, 0.2) is 53.6 Å². The van der Waals surface area contributed by atoms with Crippen molar-refractivity contribution in [3.05, 3.63) is 86.9 Å². The van der Waals surface area contributed by atoms with E-state index in [0.717, 1.165) is 11.3 Å². The Bertz CT molecular complexity index is 1010. The Hall–Kier alpha value is -2.77. The van der Waals surface area contributed by atoms with Gasteiger partial charge < -0.3 is 10.6 Å². The molecule has 0 aliphatic rings. The van der Waals surface area contributed by atoms with Crippen LogP contribution in [0.2, 0.25) is 5.15 Å². The van der Waals surface area contributed by atoms with Crippen molar-refractivity contribution in [1.82, 2.24) is 19.9 Å². The van der Waals surface area contributed by atoms with E-state index in [1.165, 1.54) is 16.8 Å². The highest BCUT2D eigenvalue weighted by atomic mass is 35.5. The van der Waals surface area contributed by atoms with E-state index >= 15 is 0 Å². The standard InChI is InChI=1S/C21H23ClFN5O/c1-15-5-6-16(18(23)12-15)13-24-10-11-28-19(22)14-27-20(21(28)29)26-9-7-17-4-2-3-8-25-17/h2-6,8,12,14,24H,7,9-11,13H2,1H3,(H,26,27). The molecule has 0 aliphatic carbocycles. The molecule has 6 nitrogen and oxygen atoms in total. The minimum atomic E-state index is -0.290. The van der Waals surface area contributed by atoms with Crippen molar-refractivity contribution in [2.75, 3.05) is 18.4 Å². The summed E-state index contributed by atoms with van der Waals surface area (Å²) in [7, 11) is 0. The molecular formula is C21H23ClFN5O. The lowest BCUT2D eigenvalue weighted by atomic mass is 10.1. The normalized spacial score (nSPS) is 10.9. The third kappa shape index (κ3) is 5.85. The predicted octanol–water partition coefficient (Wildman–Crippen LogP) is 3.18. The monoisotopic (exact) mass is 415 g/mol. The molecule has 0 fully saturated rings. The first-order valence-corrected chi connectivity index (χ1v) is 9.77. The van der Waals surface area contributed by atoms with Crippen LogP contribution in [0.1, 0.15) is 16.8 Å². The zero-order valence-corrected chi connectivity index (χ0v) is 16.9. The molecule has 0 radical (unpaired) electrons. The van der Waals surface area contributed by atoms with Gasteiger partial charge in [-0.05, 0) is 30.7 Å². The highest BCUT2D eigenvalue weighted by Crippen LogP contribution is 2.10. The van der Waals surface area contributed by atoms with E-state index in [2.05, 4.69) is 20.6 Å². The van der Waals surface area contributed by atoms with Crippen molar-refractivity contribution in [2.24, 2.45) is 0 Å². The summed E-state index contributed by atoms with van der Waals surface area (Å²) in [6.07, 6.45) is 3.86. The van der Waals surface area contributed by atoms with Crippen LogP contribution >= 0.6 is 11.6 Å². The minimum Gasteiger partial charge on any atom is -0.365 e. The Morgan fingerprint density at radius 2 is 2.03 bits per heavy atom. The van der Waals surface area contributed by atoms with Crippen LogP contribution in [0, 0.1) is 12.7 Å². The third-order valence-electron chi connectivity index (χ3n) is 4.44. The topological polar surface area (TPSA) is 71.8 Å². The van der Waals surface area contributed by atoms with Crippen molar-refractivity contribution in [3.63, 3.8) is 0 Å². The number of pyridine rings is 1. The average Bonchev–Trinajstić information content (AvgIpc) is 2.71. The van der Waals surface area contributed by atoms with Crippen LogP contribution in [0.4, 0.5) is 10.2 Å². The van der Waals surface area contributed by atoms with Gasteiger partial charge in [0.15, 0.2) is 5.82 Å². The van der Waals surface area contributed by atoms with Gasteiger partial charge in [0.2, 0.25) is 0 Å². The fourth-order valence-electron chi connectivity index (χ4n) is 2.86. The van der Waals surface area contributed by atoms with Crippen molar-refractivity contribution in [3.8, 4) is 0 Å². The molecule has 2 N–H and O–H groups in total. The Morgan fingerprint density at radius 1 is 1.17 bits per heavy atom. The van der Waals surface area contributed by atoms with E-state index in [1.54, 1.807) is 12.3 Å². The zero-order chi connectivity index (χ0) is 20.6. The van der Waals surface area contributed by atoms with Gasteiger partial charge in [0, 0.05) is 50.1 Å². The molecule has 2 heterocycles. The van der Waals surface area contributed by atoms with Gasteiger partial charge in [-0.1, -0.05) is 29.8 Å². The molecule has 0 unspecified atom stereocenters. The number of nitrogens with zero attached hydrogens (tertiary/aromatic N) is 3. The first-order chi connectivity index (χ1) is 14.0. The highest BCUT2D eigenvalue weighted by molar-refractivity contribution is 6.29. The molecule has 3 aromatic rings. The maximum atomic E-state index is 13.9. The Balaban J connectivity index is 1.54. The molecule has 1 aromatic carbocycles. The van der Waals surface area contributed by atoms with Gasteiger partial charge in [0.1, 0.15) is 11.0 Å². The van der Waals surface area contributed by atoms with Gasteiger partial charge in [-0.2, -0.15) is 0 Å². The fraction of sp³-hybridized carbons (Fsp3) is 0.286. The number of aromatic nitrogens is 3. The SMILES string of the molecule is Cc1ccc(CNCCn2c(Cl)cnc(NCCc3ccccn3)c2=O)c(F)c1. The molecule has 3 rings (SSSR count). The number of anilines is 1. The lowest BCUT2D eigenvalue weighted by molar-refractivity contribution is 0.558. The summed E-state index contributed by atoms with van der Waals surface area (Å²) in [5.74, 6) is 0.00547. The summed E-state index contributed by atoms with van der Waals surface area (Å²) in [5, 5.41) is 6.44. The van der Waals surface area contributed by atoms with Crippen LogP contribution in [0.5, 0.6) is 0 Å². The Morgan fingerprint density at radius 3 is 2.79 bits per heavy atom. The van der Waals surface area contributed by atoms with E-state index in [4.69, 9.17) is 11.6 Å². The minimum absolute atomic E-state index is 0.240. The summed E-state index contributed by atoms with van der Waals surface area (Å²) in [6.45, 7) is 3.57. The smallest absolute Gasteiger partial charge is 0.294 e. The largest absolute Gasteiger partial charge is 0.365 e. The first-order valence-electron chi connectivity index (χ1n) is 9.39. The molecule has 152 valence electrons. The summed E-state index contributed by atoms with van der Waals surface area (Å²) < 4.78 is 15.3. The molecule has 0 atom stereocenters. The highest BCUT2D eigenvalue weighted by Gasteiger charge is 2.09. The van der Waals surface area contributed by atoms with E-state index in [-0.39, 0.29) is 22.3 Å². The number of nitrogens with one attached hydrogen (secondary N) is 2. The Kier molecular flexibility index (Phi) is 7.32. The van der Waals surface area contributed by atoms with E-state index in [1.807, 2.05) is 31.2 Å². The molecule has 0 bridgehead atoms. The van der Waals surface area contributed by atoms with Crippen LogP contribution in [-0.2, 0) is 19.5 Å². The molecule has 2 aromatic heterocycles. The van der Waals surface area contributed by atoms with Gasteiger partial charge in [-0.15, -0.1) is 0 Å². The Labute approximate surface area is 173 Å². The average molecular weight is 416 g/mol. The number of aryl methyl sites for hydroxylation is 1. The van der Waals surface area contributed by atoms with E-state index < -0.39 is 0 Å². The number of hydrogen-bond donors (Lipinski definition) is 2. The van der Waals surface area contributed by atoms with Crippen LogP contribution < -0.4 is 16.2 Å². The first kappa shape index (κ1) is 21.0. The van der Waals surface area contributed by atoms with Gasteiger partial charge >= 0.3 is 0 Å². The lowest BCUT2D eigenvalue weighted by Gasteiger charge is -2.12. The van der Waals surface area contributed by atoms with Crippen molar-refractivity contribution in [2.45, 2.75) is 26.4 Å². The second-order valence-electron chi connectivity index (χ2n) is 6.66. The molecular weight excluding hydrogens is 393 g/mol. The summed E-state index contributed by atoms with van der Waals surface area (Å²) in [5.41, 5.74) is 2.11. The summed E-state index contributed by atoms with van der Waals surface area (Å²) in [6, 6.07) is 10.8.